The number of benzene rings is 2. The molecule has 0 fully saturated rings. The van der Waals surface area contributed by atoms with Gasteiger partial charge in [0.1, 0.15) is 24.4 Å². The van der Waals surface area contributed by atoms with Gasteiger partial charge in [0, 0.05) is 5.56 Å². The van der Waals surface area contributed by atoms with Gasteiger partial charge in [-0.05, 0) is 36.2 Å². The van der Waals surface area contributed by atoms with Crippen LogP contribution in [0.2, 0.25) is 0 Å². The van der Waals surface area contributed by atoms with E-state index in [1.807, 2.05) is 37.3 Å². The first kappa shape index (κ1) is 13.1. The predicted molar refractivity (Wildman–Crippen MR) is 73.9 cm³/mol. The predicted octanol–water partition coefficient (Wildman–Crippen LogP) is 3.40. The van der Waals surface area contributed by atoms with Crippen LogP contribution in [-0.2, 0) is 6.61 Å². The van der Waals surface area contributed by atoms with Gasteiger partial charge in [-0.3, -0.25) is 4.79 Å². The topological polar surface area (TPSA) is 35.5 Å². The fourth-order valence-electron chi connectivity index (χ4n) is 1.77. The van der Waals surface area contributed by atoms with Crippen molar-refractivity contribution in [3.05, 3.63) is 59.2 Å². The van der Waals surface area contributed by atoms with Gasteiger partial charge in [0.05, 0.1) is 7.11 Å². The molecule has 0 N–H and O–H groups in total. The number of aldehydes is 1. The van der Waals surface area contributed by atoms with Crippen molar-refractivity contribution in [3.63, 3.8) is 0 Å². The van der Waals surface area contributed by atoms with Crippen LogP contribution in [0.1, 0.15) is 21.5 Å². The average Bonchev–Trinajstić information content (AvgIpc) is 2.46. The Kier molecular flexibility index (Phi) is 4.18. The summed E-state index contributed by atoms with van der Waals surface area (Å²) in [5.41, 5.74) is 2.65. The molecule has 2 aromatic carbocycles. The minimum Gasteiger partial charge on any atom is -0.497 e. The molecule has 0 atom stereocenters. The molecule has 19 heavy (non-hydrogen) atoms. The van der Waals surface area contributed by atoms with Crippen molar-refractivity contribution in [2.75, 3.05) is 7.11 Å². The lowest BCUT2D eigenvalue weighted by Crippen LogP contribution is -1.98. The van der Waals surface area contributed by atoms with E-state index < -0.39 is 0 Å². The number of methoxy groups -OCH3 is 1. The van der Waals surface area contributed by atoms with Gasteiger partial charge in [-0.25, -0.2) is 0 Å². The van der Waals surface area contributed by atoms with Crippen LogP contribution in [0.25, 0.3) is 0 Å². The van der Waals surface area contributed by atoms with Crippen molar-refractivity contribution in [1.29, 1.82) is 0 Å². The first-order valence-corrected chi connectivity index (χ1v) is 6.04. The minimum atomic E-state index is 0.445. The Morgan fingerprint density at radius 3 is 2.74 bits per heavy atom. The summed E-state index contributed by atoms with van der Waals surface area (Å²) < 4.78 is 10.9. The Bertz CT molecular complexity index is 576. The smallest absolute Gasteiger partial charge is 0.150 e. The van der Waals surface area contributed by atoms with E-state index in [1.165, 1.54) is 0 Å². The summed E-state index contributed by atoms with van der Waals surface area (Å²) in [6, 6.07) is 13.1. The van der Waals surface area contributed by atoms with Gasteiger partial charge >= 0.3 is 0 Å². The van der Waals surface area contributed by atoms with Crippen LogP contribution in [0, 0.1) is 6.92 Å². The van der Waals surface area contributed by atoms with E-state index in [4.69, 9.17) is 9.47 Å². The summed E-state index contributed by atoms with van der Waals surface area (Å²) in [5.74, 6) is 1.53. The Morgan fingerprint density at radius 1 is 1.16 bits per heavy atom. The summed E-state index contributed by atoms with van der Waals surface area (Å²) in [6.07, 6.45) is 0.817. The van der Waals surface area contributed by atoms with Gasteiger partial charge in [0.15, 0.2) is 0 Å². The summed E-state index contributed by atoms with van der Waals surface area (Å²) in [7, 11) is 1.64. The Hall–Kier alpha value is -2.29. The van der Waals surface area contributed by atoms with Gasteiger partial charge in [-0.1, -0.05) is 24.3 Å². The summed E-state index contributed by atoms with van der Waals surface area (Å²) in [4.78, 5) is 10.8. The number of carbonyl (C=O) groups is 1. The maximum atomic E-state index is 10.8. The maximum absolute atomic E-state index is 10.8. The molecule has 0 aliphatic rings. The quantitative estimate of drug-likeness (QED) is 0.769. The highest BCUT2D eigenvalue weighted by molar-refractivity contribution is 5.75. The second kappa shape index (κ2) is 6.05. The standard InChI is InChI=1S/C16H16O3/c1-12-6-7-13(10-17)9-16(12)19-11-14-4-3-5-15(8-14)18-2/h3-10H,11H2,1-2H3. The first-order valence-electron chi connectivity index (χ1n) is 6.04. The molecular formula is C16H16O3. The van der Waals surface area contributed by atoms with E-state index >= 15 is 0 Å². The minimum absolute atomic E-state index is 0.445. The van der Waals surface area contributed by atoms with Crippen molar-refractivity contribution in [3.8, 4) is 11.5 Å². The number of carbonyl (C=O) groups excluding carboxylic acids is 1. The molecule has 0 heterocycles. The van der Waals surface area contributed by atoms with Crippen molar-refractivity contribution in [2.24, 2.45) is 0 Å². The Morgan fingerprint density at radius 2 is 2.00 bits per heavy atom. The largest absolute Gasteiger partial charge is 0.497 e. The van der Waals surface area contributed by atoms with Crippen LogP contribution in [-0.4, -0.2) is 13.4 Å². The third kappa shape index (κ3) is 3.35. The van der Waals surface area contributed by atoms with E-state index in [2.05, 4.69) is 0 Å². The SMILES string of the molecule is COc1cccc(COc2cc(C=O)ccc2C)c1. The van der Waals surface area contributed by atoms with Crippen molar-refractivity contribution in [1.82, 2.24) is 0 Å². The number of ether oxygens (including phenoxy) is 2. The van der Waals surface area contributed by atoms with Crippen molar-refractivity contribution >= 4 is 6.29 Å². The lowest BCUT2D eigenvalue weighted by molar-refractivity contribution is 0.112. The highest BCUT2D eigenvalue weighted by Crippen LogP contribution is 2.21. The molecule has 0 spiro atoms. The van der Waals surface area contributed by atoms with Crippen molar-refractivity contribution < 1.29 is 14.3 Å². The normalized spacial score (nSPS) is 10.0. The zero-order valence-corrected chi connectivity index (χ0v) is 11.1. The van der Waals surface area contributed by atoms with E-state index in [-0.39, 0.29) is 0 Å². The molecule has 3 heteroatoms. The second-order valence-corrected chi connectivity index (χ2v) is 4.28. The summed E-state index contributed by atoms with van der Waals surface area (Å²) in [5, 5.41) is 0. The summed E-state index contributed by atoms with van der Waals surface area (Å²) in [6.45, 7) is 2.40. The average molecular weight is 256 g/mol. The molecule has 2 rings (SSSR count). The van der Waals surface area contributed by atoms with Crippen LogP contribution in [0.15, 0.2) is 42.5 Å². The molecule has 0 amide bonds. The molecule has 0 unspecified atom stereocenters. The number of rotatable bonds is 5. The zero-order chi connectivity index (χ0) is 13.7. The van der Waals surface area contributed by atoms with E-state index in [0.717, 1.165) is 28.9 Å². The lowest BCUT2D eigenvalue weighted by atomic mass is 10.1. The highest BCUT2D eigenvalue weighted by atomic mass is 16.5. The van der Waals surface area contributed by atoms with Gasteiger partial charge in [0.2, 0.25) is 0 Å². The molecular weight excluding hydrogens is 240 g/mol. The zero-order valence-electron chi connectivity index (χ0n) is 11.1. The van der Waals surface area contributed by atoms with Gasteiger partial charge in [0.25, 0.3) is 0 Å². The van der Waals surface area contributed by atoms with Gasteiger partial charge < -0.3 is 9.47 Å². The fraction of sp³-hybridized carbons (Fsp3) is 0.188. The van der Waals surface area contributed by atoms with E-state index in [0.29, 0.717) is 12.2 Å². The monoisotopic (exact) mass is 256 g/mol. The molecule has 2 aromatic rings. The van der Waals surface area contributed by atoms with Crippen molar-refractivity contribution in [2.45, 2.75) is 13.5 Å². The van der Waals surface area contributed by atoms with Crippen LogP contribution >= 0.6 is 0 Å². The molecule has 0 saturated carbocycles. The fourth-order valence-corrected chi connectivity index (χ4v) is 1.77. The van der Waals surface area contributed by atoms with Crippen LogP contribution in [0.5, 0.6) is 11.5 Å². The molecule has 0 aromatic heterocycles. The van der Waals surface area contributed by atoms with E-state index in [9.17, 15) is 4.79 Å². The third-order valence-electron chi connectivity index (χ3n) is 2.88. The third-order valence-corrected chi connectivity index (χ3v) is 2.88. The summed E-state index contributed by atoms with van der Waals surface area (Å²) >= 11 is 0. The Balaban J connectivity index is 2.11. The van der Waals surface area contributed by atoms with Gasteiger partial charge in [-0.2, -0.15) is 0 Å². The van der Waals surface area contributed by atoms with Gasteiger partial charge in [-0.15, -0.1) is 0 Å². The molecule has 0 saturated heterocycles. The highest BCUT2D eigenvalue weighted by Gasteiger charge is 2.03. The molecule has 0 aliphatic heterocycles. The number of hydrogen-bond acceptors (Lipinski definition) is 3. The second-order valence-electron chi connectivity index (χ2n) is 4.28. The lowest BCUT2D eigenvalue weighted by Gasteiger charge is -2.10. The maximum Gasteiger partial charge on any atom is 0.150 e. The molecule has 3 nitrogen and oxygen atoms in total. The van der Waals surface area contributed by atoms with Crippen LogP contribution < -0.4 is 9.47 Å². The number of aryl methyl sites for hydroxylation is 1. The molecule has 0 bridgehead atoms. The Labute approximate surface area is 112 Å². The first-order chi connectivity index (χ1) is 9.22. The molecule has 0 aliphatic carbocycles. The number of hydrogen-bond donors (Lipinski definition) is 0. The molecule has 0 radical (unpaired) electrons. The van der Waals surface area contributed by atoms with Crippen LogP contribution in [0.3, 0.4) is 0 Å². The van der Waals surface area contributed by atoms with E-state index in [1.54, 1.807) is 19.2 Å². The molecule has 98 valence electrons. The van der Waals surface area contributed by atoms with Crippen LogP contribution in [0.4, 0.5) is 0 Å².